The van der Waals surface area contributed by atoms with E-state index in [1.807, 2.05) is 6.07 Å². The Balaban J connectivity index is 1.67. The molecule has 0 unspecified atom stereocenters. The fourth-order valence-corrected chi connectivity index (χ4v) is 4.16. The molecule has 32 heavy (non-hydrogen) atoms. The smallest absolute Gasteiger partial charge is 0.281 e. The molecule has 3 N–H and O–H groups in total. The summed E-state index contributed by atoms with van der Waals surface area (Å²) in [6.07, 6.45) is 1.47. The Labute approximate surface area is 199 Å². The first-order valence-electron chi connectivity index (χ1n) is 9.21. The van der Waals surface area contributed by atoms with E-state index in [9.17, 15) is 4.79 Å². The van der Waals surface area contributed by atoms with Gasteiger partial charge in [-0.15, -0.1) is 11.3 Å². The van der Waals surface area contributed by atoms with Crippen molar-refractivity contribution in [1.82, 2.24) is 5.43 Å². The van der Waals surface area contributed by atoms with Crippen LogP contribution in [0.2, 0.25) is 10.0 Å². The van der Waals surface area contributed by atoms with Crippen molar-refractivity contribution in [1.29, 1.82) is 5.26 Å². The number of benzene rings is 2. The minimum absolute atomic E-state index is 0.240. The van der Waals surface area contributed by atoms with E-state index in [4.69, 9.17) is 43.7 Å². The monoisotopic (exact) mass is 488 g/mol. The lowest BCUT2D eigenvalue weighted by Crippen LogP contribution is -2.17. The third-order valence-corrected chi connectivity index (χ3v) is 6.16. The van der Waals surface area contributed by atoms with Gasteiger partial charge in [0.2, 0.25) is 0 Å². The molecule has 0 bridgehead atoms. The molecule has 1 heterocycles. The Morgan fingerprint density at radius 3 is 2.72 bits per heavy atom. The van der Waals surface area contributed by atoms with Crippen LogP contribution in [0.15, 0.2) is 41.5 Å². The molecule has 0 atom stereocenters. The quantitative estimate of drug-likeness (QED) is 0.352. The summed E-state index contributed by atoms with van der Waals surface area (Å²) >= 11 is 13.1. The van der Waals surface area contributed by atoms with Crippen LogP contribution in [0.1, 0.15) is 31.9 Å². The third kappa shape index (κ3) is 5.32. The van der Waals surface area contributed by atoms with Crippen molar-refractivity contribution in [2.24, 2.45) is 5.10 Å². The molecule has 0 fully saturated rings. The predicted molar refractivity (Wildman–Crippen MR) is 127 cm³/mol. The van der Waals surface area contributed by atoms with Crippen LogP contribution in [0.25, 0.3) is 0 Å². The second kappa shape index (κ2) is 10.4. The lowest BCUT2D eigenvalue weighted by molar-refractivity contribution is 0.0958. The fraction of sp³-hybridized carbons (Fsp3) is 0.136. The summed E-state index contributed by atoms with van der Waals surface area (Å²) < 4.78 is 11.2. The summed E-state index contributed by atoms with van der Waals surface area (Å²) in [5.74, 6) is 0.572. The second-order valence-corrected chi connectivity index (χ2v) is 8.44. The number of nitrogens with one attached hydrogen (secondary N) is 1. The number of rotatable bonds is 7. The van der Waals surface area contributed by atoms with Gasteiger partial charge in [0, 0.05) is 15.6 Å². The number of hydrogen-bond acceptors (Lipinski definition) is 7. The van der Waals surface area contributed by atoms with E-state index >= 15 is 0 Å². The summed E-state index contributed by atoms with van der Waals surface area (Å²) in [6, 6.07) is 12.4. The summed E-state index contributed by atoms with van der Waals surface area (Å²) in [4.78, 5) is 12.7. The fourth-order valence-electron chi connectivity index (χ4n) is 2.79. The number of nitrogens with two attached hydrogens (primary N) is 1. The molecule has 0 spiro atoms. The number of nitriles is 1. The van der Waals surface area contributed by atoms with Gasteiger partial charge in [-0.2, -0.15) is 10.4 Å². The van der Waals surface area contributed by atoms with Crippen LogP contribution in [0.3, 0.4) is 0 Å². The number of thiophene rings is 1. The Kier molecular flexibility index (Phi) is 7.59. The van der Waals surface area contributed by atoms with Gasteiger partial charge >= 0.3 is 0 Å². The molecule has 10 heteroatoms. The minimum Gasteiger partial charge on any atom is -0.493 e. The number of carbonyl (C=O) groups is 1. The number of hydrazone groups is 1. The molecule has 0 aliphatic rings. The Bertz CT molecular complexity index is 1230. The molecule has 0 aliphatic carbocycles. The van der Waals surface area contributed by atoms with Crippen LogP contribution in [0.4, 0.5) is 5.00 Å². The van der Waals surface area contributed by atoms with E-state index in [1.165, 1.54) is 13.3 Å². The van der Waals surface area contributed by atoms with Crippen molar-refractivity contribution in [3.63, 3.8) is 0 Å². The summed E-state index contributed by atoms with van der Waals surface area (Å²) in [7, 11) is 1.52. The van der Waals surface area contributed by atoms with Gasteiger partial charge in [0.05, 0.1) is 18.9 Å². The van der Waals surface area contributed by atoms with Crippen LogP contribution >= 0.6 is 34.5 Å². The van der Waals surface area contributed by atoms with E-state index in [1.54, 1.807) is 43.3 Å². The van der Waals surface area contributed by atoms with Crippen molar-refractivity contribution < 1.29 is 14.3 Å². The van der Waals surface area contributed by atoms with Crippen LogP contribution in [-0.4, -0.2) is 19.2 Å². The average molecular weight is 489 g/mol. The van der Waals surface area contributed by atoms with Crippen LogP contribution in [0.5, 0.6) is 11.5 Å². The van der Waals surface area contributed by atoms with Gasteiger partial charge < -0.3 is 15.2 Å². The molecular weight excluding hydrogens is 471 g/mol. The van der Waals surface area contributed by atoms with Gasteiger partial charge in [0.25, 0.3) is 5.91 Å². The van der Waals surface area contributed by atoms with E-state index in [0.29, 0.717) is 48.1 Å². The van der Waals surface area contributed by atoms with Crippen molar-refractivity contribution in [3.8, 4) is 17.6 Å². The van der Waals surface area contributed by atoms with E-state index < -0.39 is 5.91 Å². The molecule has 0 saturated heterocycles. The number of methoxy groups -OCH3 is 1. The van der Waals surface area contributed by atoms with E-state index in [2.05, 4.69) is 10.5 Å². The molecule has 0 saturated carbocycles. The number of nitrogen functional groups attached to an aromatic ring is 1. The van der Waals surface area contributed by atoms with E-state index in [0.717, 1.165) is 16.9 Å². The zero-order valence-electron chi connectivity index (χ0n) is 17.1. The van der Waals surface area contributed by atoms with Gasteiger partial charge in [-0.3, -0.25) is 4.79 Å². The third-order valence-electron chi connectivity index (χ3n) is 4.46. The zero-order valence-corrected chi connectivity index (χ0v) is 19.4. The molecule has 2 aromatic carbocycles. The van der Waals surface area contributed by atoms with Crippen molar-refractivity contribution in [2.45, 2.75) is 13.5 Å². The molecular formula is C22H18Cl2N4O3S. The maximum absolute atomic E-state index is 12.3. The second-order valence-electron chi connectivity index (χ2n) is 6.54. The SMILES string of the molecule is COc1cc(C=NNC(=O)c2sc(N)c(C#N)c2C)ccc1OCc1ccc(Cl)cc1Cl. The van der Waals surface area contributed by atoms with Gasteiger partial charge in [0.15, 0.2) is 11.5 Å². The Morgan fingerprint density at radius 1 is 1.28 bits per heavy atom. The molecule has 1 amide bonds. The number of nitrogens with zero attached hydrogens (tertiary/aromatic N) is 2. The molecule has 7 nitrogen and oxygen atoms in total. The first kappa shape index (κ1) is 23.4. The predicted octanol–water partition coefficient (Wildman–Crippen LogP) is 5.17. The molecule has 1 aromatic heterocycles. The Morgan fingerprint density at radius 2 is 2.06 bits per heavy atom. The standard InChI is InChI=1S/C22H18Cl2N4O3S/c1-12-16(9-25)21(26)32-20(12)22(29)28-27-10-13-3-6-18(19(7-13)30-2)31-11-14-4-5-15(23)8-17(14)24/h3-8,10H,11,26H2,1-2H3,(H,28,29). The maximum atomic E-state index is 12.3. The van der Waals surface area contributed by atoms with Gasteiger partial charge in [0.1, 0.15) is 22.6 Å². The normalized spacial score (nSPS) is 10.7. The Hall–Kier alpha value is -3.25. The number of carbonyl (C=O) groups excluding carboxylic acids is 1. The number of halogens is 2. The van der Waals surface area contributed by atoms with Crippen molar-refractivity contribution >= 4 is 51.7 Å². The van der Waals surface area contributed by atoms with E-state index in [-0.39, 0.29) is 6.61 Å². The van der Waals surface area contributed by atoms with Crippen molar-refractivity contribution in [2.75, 3.05) is 12.8 Å². The minimum atomic E-state index is -0.441. The molecule has 3 aromatic rings. The molecule has 0 aliphatic heterocycles. The lowest BCUT2D eigenvalue weighted by Gasteiger charge is -2.12. The van der Waals surface area contributed by atoms with Gasteiger partial charge in [-0.05, 0) is 48.4 Å². The highest BCUT2D eigenvalue weighted by Crippen LogP contribution is 2.31. The number of hydrogen-bond donors (Lipinski definition) is 2. The molecule has 164 valence electrons. The first-order chi connectivity index (χ1) is 15.3. The highest BCUT2D eigenvalue weighted by molar-refractivity contribution is 7.18. The average Bonchev–Trinajstić information content (AvgIpc) is 3.06. The number of amides is 1. The summed E-state index contributed by atoms with van der Waals surface area (Å²) in [5, 5.41) is 14.4. The lowest BCUT2D eigenvalue weighted by atomic mass is 10.2. The maximum Gasteiger partial charge on any atom is 0.281 e. The summed E-state index contributed by atoms with van der Waals surface area (Å²) in [6.45, 7) is 1.91. The zero-order chi connectivity index (χ0) is 23.3. The van der Waals surface area contributed by atoms with Crippen molar-refractivity contribution in [3.05, 3.63) is 73.6 Å². The largest absolute Gasteiger partial charge is 0.493 e. The molecule has 0 radical (unpaired) electrons. The topological polar surface area (TPSA) is 110 Å². The van der Waals surface area contributed by atoms with Crippen LogP contribution < -0.4 is 20.6 Å². The summed E-state index contributed by atoms with van der Waals surface area (Å²) in [5.41, 5.74) is 10.5. The highest BCUT2D eigenvalue weighted by atomic mass is 35.5. The number of ether oxygens (including phenoxy) is 2. The first-order valence-corrected chi connectivity index (χ1v) is 10.8. The van der Waals surface area contributed by atoms with Crippen LogP contribution in [0, 0.1) is 18.3 Å². The number of anilines is 1. The van der Waals surface area contributed by atoms with Gasteiger partial charge in [-0.25, -0.2) is 5.43 Å². The van der Waals surface area contributed by atoms with Gasteiger partial charge in [-0.1, -0.05) is 29.3 Å². The molecule has 3 rings (SSSR count). The van der Waals surface area contributed by atoms with Crippen LogP contribution in [-0.2, 0) is 6.61 Å². The highest BCUT2D eigenvalue weighted by Gasteiger charge is 2.18.